The van der Waals surface area contributed by atoms with Gasteiger partial charge in [-0.25, -0.2) is 8.42 Å². The quantitative estimate of drug-likeness (QED) is 0.872. The zero-order valence-corrected chi connectivity index (χ0v) is 16.2. The lowest BCUT2D eigenvalue weighted by Gasteiger charge is -2.37. The van der Waals surface area contributed by atoms with Crippen molar-refractivity contribution in [3.8, 4) is 0 Å². The minimum absolute atomic E-state index is 0.329. The van der Waals surface area contributed by atoms with Crippen molar-refractivity contribution in [2.24, 2.45) is 0 Å². The van der Waals surface area contributed by atoms with Gasteiger partial charge in [-0.2, -0.15) is 4.31 Å². The Labute approximate surface area is 156 Å². The van der Waals surface area contributed by atoms with Gasteiger partial charge in [-0.3, -0.25) is 0 Å². The number of rotatable bonds is 5. The number of nitrogens with zero attached hydrogens (tertiary/aromatic N) is 1. The van der Waals surface area contributed by atoms with Crippen molar-refractivity contribution in [1.82, 2.24) is 4.31 Å². The smallest absolute Gasteiger partial charge is 0.243 e. The monoisotopic (exact) mass is 373 g/mol. The molecule has 140 valence electrons. The molecule has 1 aliphatic rings. The highest BCUT2D eigenvalue weighted by molar-refractivity contribution is 7.89. The first-order valence-corrected chi connectivity index (χ1v) is 10.6. The van der Waals surface area contributed by atoms with E-state index in [4.69, 9.17) is 0 Å². The van der Waals surface area contributed by atoms with Crippen molar-refractivity contribution in [3.05, 3.63) is 65.7 Å². The van der Waals surface area contributed by atoms with E-state index < -0.39 is 15.6 Å². The molecule has 0 atom stereocenters. The van der Waals surface area contributed by atoms with E-state index in [2.05, 4.69) is 13.8 Å². The predicted octanol–water partition coefficient (Wildman–Crippen LogP) is 3.57. The second-order valence-corrected chi connectivity index (χ2v) is 9.45. The first-order chi connectivity index (χ1) is 12.3. The van der Waals surface area contributed by atoms with E-state index in [0.29, 0.717) is 43.2 Å². The third-order valence-corrected chi connectivity index (χ3v) is 7.13. The van der Waals surface area contributed by atoms with Crippen LogP contribution in [0.2, 0.25) is 0 Å². The van der Waals surface area contributed by atoms with Gasteiger partial charge in [0.2, 0.25) is 10.0 Å². The number of hydrogen-bond donors (Lipinski definition) is 1. The van der Waals surface area contributed by atoms with Crippen LogP contribution < -0.4 is 0 Å². The summed E-state index contributed by atoms with van der Waals surface area (Å²) in [4.78, 5) is 0.329. The SMILES string of the molecule is CC(C)c1ccc(S(=O)(=O)N2CCC(O)(Cc3ccccc3)CC2)cc1. The van der Waals surface area contributed by atoms with Crippen LogP contribution in [-0.4, -0.2) is 36.5 Å². The number of piperidine rings is 1. The molecule has 0 spiro atoms. The van der Waals surface area contributed by atoms with Crippen LogP contribution in [0.25, 0.3) is 0 Å². The van der Waals surface area contributed by atoms with Crippen molar-refractivity contribution in [2.75, 3.05) is 13.1 Å². The molecule has 5 heteroatoms. The summed E-state index contributed by atoms with van der Waals surface area (Å²) in [5.41, 5.74) is 1.37. The number of sulfonamides is 1. The number of benzene rings is 2. The molecule has 1 heterocycles. The van der Waals surface area contributed by atoms with Gasteiger partial charge in [0.05, 0.1) is 10.5 Å². The number of aliphatic hydroxyl groups is 1. The summed E-state index contributed by atoms with van der Waals surface area (Å²) < 4.78 is 27.3. The summed E-state index contributed by atoms with van der Waals surface area (Å²) in [7, 11) is -3.51. The molecule has 0 saturated carbocycles. The number of hydrogen-bond acceptors (Lipinski definition) is 3. The Hall–Kier alpha value is -1.69. The fraction of sp³-hybridized carbons (Fsp3) is 0.429. The normalized spacial score (nSPS) is 18.2. The van der Waals surface area contributed by atoms with E-state index in [1.165, 1.54) is 4.31 Å². The molecule has 1 N–H and O–H groups in total. The summed E-state index contributed by atoms with van der Waals surface area (Å²) in [6.45, 7) is 4.86. The van der Waals surface area contributed by atoms with Gasteiger partial charge in [0.25, 0.3) is 0 Å². The lowest BCUT2D eigenvalue weighted by Crippen LogP contribution is -2.47. The average molecular weight is 374 g/mol. The molecule has 1 fully saturated rings. The second-order valence-electron chi connectivity index (χ2n) is 7.51. The van der Waals surface area contributed by atoms with Crippen molar-refractivity contribution in [1.29, 1.82) is 0 Å². The molecule has 0 radical (unpaired) electrons. The molecular weight excluding hydrogens is 346 g/mol. The van der Waals surface area contributed by atoms with Crippen LogP contribution in [-0.2, 0) is 16.4 Å². The molecule has 0 unspecified atom stereocenters. The minimum atomic E-state index is -3.51. The van der Waals surface area contributed by atoms with Gasteiger partial charge in [-0.1, -0.05) is 56.3 Å². The van der Waals surface area contributed by atoms with E-state index in [0.717, 1.165) is 11.1 Å². The fourth-order valence-corrected chi connectivity index (χ4v) is 4.91. The molecule has 4 nitrogen and oxygen atoms in total. The van der Waals surface area contributed by atoms with Crippen LogP contribution in [0.3, 0.4) is 0 Å². The summed E-state index contributed by atoms with van der Waals surface area (Å²) in [6.07, 6.45) is 1.46. The highest BCUT2D eigenvalue weighted by Gasteiger charge is 2.37. The highest BCUT2D eigenvalue weighted by Crippen LogP contribution is 2.30. The lowest BCUT2D eigenvalue weighted by atomic mass is 9.86. The Morgan fingerprint density at radius 1 is 1.00 bits per heavy atom. The van der Waals surface area contributed by atoms with Gasteiger partial charge in [0.1, 0.15) is 0 Å². The maximum Gasteiger partial charge on any atom is 0.243 e. The first kappa shape index (κ1) is 19.1. The van der Waals surface area contributed by atoms with Crippen molar-refractivity contribution < 1.29 is 13.5 Å². The first-order valence-electron chi connectivity index (χ1n) is 9.17. The third kappa shape index (κ3) is 4.17. The molecule has 0 bridgehead atoms. The third-order valence-electron chi connectivity index (χ3n) is 5.21. The van der Waals surface area contributed by atoms with Crippen LogP contribution in [0.4, 0.5) is 0 Å². The van der Waals surface area contributed by atoms with Gasteiger partial charge in [-0.05, 0) is 42.0 Å². The molecule has 1 aliphatic heterocycles. The fourth-order valence-electron chi connectivity index (χ4n) is 3.47. The van der Waals surface area contributed by atoms with Crippen molar-refractivity contribution in [3.63, 3.8) is 0 Å². The Morgan fingerprint density at radius 3 is 2.12 bits per heavy atom. The van der Waals surface area contributed by atoms with Gasteiger partial charge < -0.3 is 5.11 Å². The van der Waals surface area contributed by atoms with Gasteiger partial charge in [-0.15, -0.1) is 0 Å². The van der Waals surface area contributed by atoms with Crippen LogP contribution in [0.5, 0.6) is 0 Å². The van der Waals surface area contributed by atoms with E-state index in [1.54, 1.807) is 12.1 Å². The van der Waals surface area contributed by atoms with Crippen LogP contribution >= 0.6 is 0 Å². The average Bonchev–Trinajstić information content (AvgIpc) is 2.62. The van der Waals surface area contributed by atoms with E-state index >= 15 is 0 Å². The highest BCUT2D eigenvalue weighted by atomic mass is 32.2. The van der Waals surface area contributed by atoms with Crippen LogP contribution in [0, 0.1) is 0 Å². The standard InChI is InChI=1S/C21H27NO3S/c1-17(2)19-8-10-20(11-9-19)26(24,25)22-14-12-21(23,13-15-22)16-18-6-4-3-5-7-18/h3-11,17,23H,12-16H2,1-2H3. The predicted molar refractivity (Wildman–Crippen MR) is 104 cm³/mol. The van der Waals surface area contributed by atoms with E-state index in [1.807, 2.05) is 42.5 Å². The molecular formula is C21H27NO3S. The zero-order valence-electron chi connectivity index (χ0n) is 15.4. The summed E-state index contributed by atoms with van der Waals surface area (Å²) >= 11 is 0. The molecule has 0 amide bonds. The van der Waals surface area contributed by atoms with Crippen LogP contribution in [0.1, 0.15) is 43.7 Å². The van der Waals surface area contributed by atoms with Gasteiger partial charge >= 0.3 is 0 Å². The zero-order chi connectivity index (χ0) is 18.8. The van der Waals surface area contributed by atoms with Crippen molar-refractivity contribution in [2.45, 2.75) is 49.5 Å². The summed E-state index contributed by atoms with van der Waals surface area (Å²) in [6, 6.07) is 17.0. The lowest BCUT2D eigenvalue weighted by molar-refractivity contribution is -0.00441. The maximum atomic E-state index is 12.9. The molecule has 3 rings (SSSR count). The van der Waals surface area contributed by atoms with E-state index in [-0.39, 0.29) is 0 Å². The molecule has 1 saturated heterocycles. The Bertz CT molecular complexity index is 821. The Morgan fingerprint density at radius 2 is 1.58 bits per heavy atom. The van der Waals surface area contributed by atoms with Crippen molar-refractivity contribution >= 4 is 10.0 Å². The Kier molecular flexibility index (Phi) is 5.51. The second kappa shape index (κ2) is 7.51. The van der Waals surface area contributed by atoms with Gasteiger partial charge in [0.15, 0.2) is 0 Å². The minimum Gasteiger partial charge on any atom is -0.389 e. The molecule has 0 aliphatic carbocycles. The summed E-state index contributed by atoms with van der Waals surface area (Å²) in [5, 5.41) is 10.9. The van der Waals surface area contributed by atoms with Gasteiger partial charge in [0, 0.05) is 19.5 Å². The topological polar surface area (TPSA) is 57.6 Å². The van der Waals surface area contributed by atoms with Crippen LogP contribution in [0.15, 0.2) is 59.5 Å². The molecule has 2 aromatic carbocycles. The summed E-state index contributed by atoms with van der Waals surface area (Å²) in [5.74, 6) is 0.370. The van der Waals surface area contributed by atoms with E-state index in [9.17, 15) is 13.5 Å². The molecule has 2 aromatic rings. The molecule has 26 heavy (non-hydrogen) atoms. The Balaban J connectivity index is 1.68. The maximum absolute atomic E-state index is 12.9. The molecule has 0 aromatic heterocycles. The largest absolute Gasteiger partial charge is 0.389 e.